The Morgan fingerprint density at radius 1 is 1.06 bits per heavy atom. The molecular formula is C25H27Cl2FN4O3S. The summed E-state index contributed by atoms with van der Waals surface area (Å²) < 4.78 is 47.7. The van der Waals surface area contributed by atoms with E-state index in [1.54, 1.807) is 43.5 Å². The highest BCUT2D eigenvalue weighted by Crippen LogP contribution is 2.37. The number of pyridine rings is 1. The molecule has 11 heteroatoms. The molecule has 1 unspecified atom stereocenters. The smallest absolute Gasteiger partial charge is 0.243 e. The van der Waals surface area contributed by atoms with Crippen LogP contribution in [0.1, 0.15) is 25.0 Å². The number of hydrogen-bond donors (Lipinski definition) is 1. The second-order valence-electron chi connectivity index (χ2n) is 8.71. The van der Waals surface area contributed by atoms with Gasteiger partial charge >= 0.3 is 0 Å². The van der Waals surface area contributed by atoms with Crippen molar-refractivity contribution < 1.29 is 17.5 Å². The van der Waals surface area contributed by atoms with E-state index < -0.39 is 21.9 Å². The number of nitrogens with two attached hydrogens (primary N) is 1. The number of benzene rings is 2. The summed E-state index contributed by atoms with van der Waals surface area (Å²) in [5.41, 5.74) is 7.73. The summed E-state index contributed by atoms with van der Waals surface area (Å²) in [6, 6.07) is 10.9. The van der Waals surface area contributed by atoms with E-state index in [1.165, 1.54) is 16.4 Å². The van der Waals surface area contributed by atoms with Crippen molar-refractivity contribution in [1.29, 1.82) is 0 Å². The second-order valence-corrected chi connectivity index (χ2v) is 11.4. The summed E-state index contributed by atoms with van der Waals surface area (Å²) in [5.74, 6) is -0.199. The van der Waals surface area contributed by atoms with Crippen molar-refractivity contribution in [1.82, 2.24) is 14.2 Å². The number of anilines is 1. The molecule has 1 aromatic heterocycles. The van der Waals surface area contributed by atoms with Crippen molar-refractivity contribution in [3.05, 3.63) is 70.1 Å². The Morgan fingerprint density at radius 3 is 2.50 bits per heavy atom. The van der Waals surface area contributed by atoms with Crippen LogP contribution in [0.2, 0.25) is 10.0 Å². The van der Waals surface area contributed by atoms with Crippen molar-refractivity contribution in [2.45, 2.75) is 24.3 Å². The third-order valence-electron chi connectivity index (χ3n) is 6.18. The fraction of sp³-hybridized carbons (Fsp3) is 0.320. The van der Waals surface area contributed by atoms with Gasteiger partial charge in [-0.2, -0.15) is 4.31 Å². The van der Waals surface area contributed by atoms with Gasteiger partial charge in [0.2, 0.25) is 10.0 Å². The second kappa shape index (κ2) is 10.9. The third kappa shape index (κ3) is 5.60. The minimum absolute atomic E-state index is 0.120. The van der Waals surface area contributed by atoms with E-state index in [0.717, 1.165) is 18.5 Å². The molecule has 1 saturated heterocycles. The topological polar surface area (TPSA) is 88.8 Å². The lowest BCUT2D eigenvalue weighted by molar-refractivity contribution is 0.227. The molecule has 1 aliphatic heterocycles. The molecule has 1 atom stereocenters. The van der Waals surface area contributed by atoms with Gasteiger partial charge in [-0.3, -0.25) is 0 Å². The van der Waals surface area contributed by atoms with Crippen LogP contribution in [0.15, 0.2) is 53.6 Å². The number of nitrogen functional groups attached to an aromatic ring is 1. The van der Waals surface area contributed by atoms with Crippen molar-refractivity contribution in [2.75, 3.05) is 39.0 Å². The molecule has 3 aromatic rings. The van der Waals surface area contributed by atoms with E-state index in [4.69, 9.17) is 33.7 Å². The number of aromatic nitrogens is 1. The number of rotatable bonds is 6. The number of hydrogen-bond acceptors (Lipinski definition) is 6. The molecule has 4 rings (SSSR count). The van der Waals surface area contributed by atoms with Gasteiger partial charge in [0.15, 0.2) is 11.6 Å². The molecule has 0 aliphatic carbocycles. The molecule has 0 amide bonds. The standard InChI is InChI=1S/C25H27Cl2FN4O3S/c1-16(23-20(26)8-9-21(28)24(23)27)35-22-14-18(15-30-25(22)29)17-4-6-19(7-5-17)36(33,34)32-11-3-10-31(2)12-13-32/h4-9,14-16H,3,10-13H2,1-2H3,(H2,29,30). The Bertz CT molecular complexity index is 1360. The van der Waals surface area contributed by atoms with Gasteiger partial charge in [-0.15, -0.1) is 0 Å². The molecule has 7 nitrogen and oxygen atoms in total. The molecule has 0 radical (unpaired) electrons. The van der Waals surface area contributed by atoms with Crippen LogP contribution >= 0.6 is 23.2 Å². The highest BCUT2D eigenvalue weighted by Gasteiger charge is 2.26. The molecule has 2 aromatic carbocycles. The number of sulfonamides is 1. The summed E-state index contributed by atoms with van der Waals surface area (Å²) in [5, 5.41) is 0.148. The zero-order chi connectivity index (χ0) is 26.0. The average molecular weight is 553 g/mol. The van der Waals surface area contributed by atoms with Crippen LogP contribution in [0, 0.1) is 5.82 Å². The highest BCUT2D eigenvalue weighted by atomic mass is 35.5. The van der Waals surface area contributed by atoms with E-state index in [2.05, 4.69) is 9.88 Å². The van der Waals surface area contributed by atoms with Gasteiger partial charge in [0.05, 0.1) is 9.92 Å². The summed E-state index contributed by atoms with van der Waals surface area (Å²) in [7, 11) is -1.60. The van der Waals surface area contributed by atoms with Gasteiger partial charge in [0.25, 0.3) is 0 Å². The predicted molar refractivity (Wildman–Crippen MR) is 140 cm³/mol. The molecular weight excluding hydrogens is 526 g/mol. The molecule has 0 saturated carbocycles. The van der Waals surface area contributed by atoms with Gasteiger partial charge in [0, 0.05) is 42.0 Å². The van der Waals surface area contributed by atoms with E-state index >= 15 is 0 Å². The Labute approximate surface area is 220 Å². The van der Waals surface area contributed by atoms with E-state index in [0.29, 0.717) is 30.8 Å². The lowest BCUT2D eigenvalue weighted by Crippen LogP contribution is -2.34. The molecule has 0 spiro atoms. The summed E-state index contributed by atoms with van der Waals surface area (Å²) >= 11 is 12.3. The quantitative estimate of drug-likeness (QED) is 0.420. The monoisotopic (exact) mass is 552 g/mol. The lowest BCUT2D eigenvalue weighted by atomic mass is 10.1. The fourth-order valence-electron chi connectivity index (χ4n) is 4.10. The first-order valence-electron chi connectivity index (χ1n) is 11.4. The SMILES string of the molecule is CC(Oc1cc(-c2ccc(S(=O)(=O)N3CCCN(C)CC3)cc2)cnc1N)c1c(Cl)ccc(F)c1Cl. The van der Waals surface area contributed by atoms with Crippen LogP contribution in [0.4, 0.5) is 10.2 Å². The van der Waals surface area contributed by atoms with Crippen molar-refractivity contribution in [2.24, 2.45) is 0 Å². The van der Waals surface area contributed by atoms with Crippen LogP contribution < -0.4 is 10.5 Å². The van der Waals surface area contributed by atoms with Gasteiger partial charge in [-0.05, 0) is 62.8 Å². The summed E-state index contributed by atoms with van der Waals surface area (Å²) in [6.45, 7) is 4.20. The molecule has 36 heavy (non-hydrogen) atoms. The van der Waals surface area contributed by atoms with Crippen LogP contribution in [0.5, 0.6) is 5.75 Å². The first kappa shape index (κ1) is 26.6. The van der Waals surface area contributed by atoms with E-state index in [1.807, 2.05) is 7.05 Å². The minimum atomic E-state index is -3.59. The van der Waals surface area contributed by atoms with Crippen LogP contribution in [0.25, 0.3) is 11.1 Å². The molecule has 0 bridgehead atoms. The van der Waals surface area contributed by atoms with Crippen LogP contribution in [-0.4, -0.2) is 55.8 Å². The normalized spacial score (nSPS) is 16.5. The van der Waals surface area contributed by atoms with Gasteiger partial charge in [-0.25, -0.2) is 17.8 Å². The van der Waals surface area contributed by atoms with Crippen molar-refractivity contribution in [3.8, 4) is 16.9 Å². The fourth-order valence-corrected chi connectivity index (χ4v) is 6.25. The van der Waals surface area contributed by atoms with Crippen molar-refractivity contribution >= 4 is 39.0 Å². The maximum Gasteiger partial charge on any atom is 0.243 e. The van der Waals surface area contributed by atoms with Gasteiger partial charge in [0.1, 0.15) is 11.9 Å². The summed E-state index contributed by atoms with van der Waals surface area (Å²) in [4.78, 5) is 6.57. The zero-order valence-corrected chi connectivity index (χ0v) is 22.2. The maximum absolute atomic E-state index is 14.0. The number of ether oxygens (including phenoxy) is 1. The number of nitrogens with zero attached hydrogens (tertiary/aromatic N) is 3. The first-order chi connectivity index (χ1) is 17.1. The Kier molecular flexibility index (Phi) is 8.06. The maximum atomic E-state index is 14.0. The largest absolute Gasteiger partial charge is 0.482 e. The third-order valence-corrected chi connectivity index (χ3v) is 8.80. The molecule has 1 aliphatic rings. The number of halogens is 3. The minimum Gasteiger partial charge on any atom is -0.482 e. The van der Waals surface area contributed by atoms with Crippen LogP contribution in [0.3, 0.4) is 0 Å². The zero-order valence-electron chi connectivity index (χ0n) is 19.9. The predicted octanol–water partition coefficient (Wildman–Crippen LogP) is 5.24. The average Bonchev–Trinajstić information content (AvgIpc) is 3.08. The Morgan fingerprint density at radius 2 is 1.78 bits per heavy atom. The Balaban J connectivity index is 1.56. The number of likely N-dealkylation sites (N-methyl/N-ethyl adjacent to an activating group) is 1. The van der Waals surface area contributed by atoms with Gasteiger partial charge < -0.3 is 15.4 Å². The van der Waals surface area contributed by atoms with Crippen molar-refractivity contribution in [3.63, 3.8) is 0 Å². The lowest BCUT2D eigenvalue weighted by Gasteiger charge is -2.20. The molecule has 192 valence electrons. The summed E-state index contributed by atoms with van der Waals surface area (Å²) in [6.07, 6.45) is 1.65. The van der Waals surface area contributed by atoms with E-state index in [-0.39, 0.29) is 26.5 Å². The highest BCUT2D eigenvalue weighted by molar-refractivity contribution is 7.89. The van der Waals surface area contributed by atoms with E-state index in [9.17, 15) is 12.8 Å². The van der Waals surface area contributed by atoms with Crippen LogP contribution in [-0.2, 0) is 10.0 Å². The van der Waals surface area contributed by atoms with Gasteiger partial charge in [-0.1, -0.05) is 35.3 Å². The molecule has 2 heterocycles. The molecule has 2 N–H and O–H groups in total. The Hall–Kier alpha value is -2.43. The molecule has 1 fully saturated rings. The first-order valence-corrected chi connectivity index (χ1v) is 13.6.